The second kappa shape index (κ2) is 6.38. The number of hydrogen-bond acceptors (Lipinski definition) is 3. The molecule has 0 spiro atoms. The highest BCUT2D eigenvalue weighted by Crippen LogP contribution is 2.34. The zero-order chi connectivity index (χ0) is 13.9. The molecular formula is C14H29NO2S. The lowest BCUT2D eigenvalue weighted by Crippen LogP contribution is -2.40. The van der Waals surface area contributed by atoms with Gasteiger partial charge in [0.25, 0.3) is 0 Å². The molecule has 4 heteroatoms. The van der Waals surface area contributed by atoms with Crippen LogP contribution in [0.25, 0.3) is 0 Å². The minimum Gasteiger partial charge on any atom is -0.314 e. The predicted octanol–water partition coefficient (Wildman–Crippen LogP) is 2.61. The van der Waals surface area contributed by atoms with Crippen molar-refractivity contribution in [2.75, 3.05) is 6.54 Å². The molecule has 1 N–H and O–H groups in total. The molecule has 18 heavy (non-hydrogen) atoms. The third kappa shape index (κ3) is 3.27. The Morgan fingerprint density at radius 2 is 1.83 bits per heavy atom. The molecule has 0 aromatic carbocycles. The highest BCUT2D eigenvalue weighted by molar-refractivity contribution is 7.92. The van der Waals surface area contributed by atoms with Crippen LogP contribution in [0.15, 0.2) is 0 Å². The van der Waals surface area contributed by atoms with Gasteiger partial charge in [0.05, 0.1) is 10.5 Å². The molecular weight excluding hydrogens is 246 g/mol. The summed E-state index contributed by atoms with van der Waals surface area (Å²) >= 11 is 0. The van der Waals surface area contributed by atoms with Gasteiger partial charge in [-0.2, -0.15) is 0 Å². The highest BCUT2D eigenvalue weighted by atomic mass is 32.2. The normalized spacial score (nSPS) is 30.9. The van der Waals surface area contributed by atoms with Crippen molar-refractivity contribution in [2.24, 2.45) is 11.8 Å². The van der Waals surface area contributed by atoms with Gasteiger partial charge >= 0.3 is 0 Å². The Kier molecular flexibility index (Phi) is 5.66. The fraction of sp³-hybridized carbons (Fsp3) is 1.00. The Balaban J connectivity index is 2.74. The SMILES string of the molecule is CCCNC1CCC(S(=O)(=O)C(C)C(C)C)C1C. The molecule has 3 nitrogen and oxygen atoms in total. The van der Waals surface area contributed by atoms with Crippen molar-refractivity contribution >= 4 is 9.84 Å². The summed E-state index contributed by atoms with van der Waals surface area (Å²) in [5.41, 5.74) is 0. The Labute approximate surface area is 113 Å². The van der Waals surface area contributed by atoms with E-state index in [1.54, 1.807) is 0 Å². The molecule has 108 valence electrons. The first-order valence-corrected chi connectivity index (χ1v) is 8.89. The first kappa shape index (κ1) is 16.0. The van der Waals surface area contributed by atoms with Gasteiger partial charge < -0.3 is 5.32 Å². The molecule has 0 aromatic rings. The van der Waals surface area contributed by atoms with E-state index in [-0.39, 0.29) is 22.3 Å². The van der Waals surface area contributed by atoms with E-state index in [2.05, 4.69) is 19.2 Å². The summed E-state index contributed by atoms with van der Waals surface area (Å²) in [6, 6.07) is 0.379. The van der Waals surface area contributed by atoms with Crippen LogP contribution in [0.1, 0.15) is 53.9 Å². The van der Waals surface area contributed by atoms with E-state index in [4.69, 9.17) is 0 Å². The van der Waals surface area contributed by atoms with Gasteiger partial charge in [0, 0.05) is 6.04 Å². The zero-order valence-electron chi connectivity index (χ0n) is 12.4. The van der Waals surface area contributed by atoms with E-state index in [9.17, 15) is 8.42 Å². The van der Waals surface area contributed by atoms with Crippen molar-refractivity contribution in [3.05, 3.63) is 0 Å². The number of hydrogen-bond donors (Lipinski definition) is 1. The van der Waals surface area contributed by atoms with Gasteiger partial charge in [-0.1, -0.05) is 27.7 Å². The van der Waals surface area contributed by atoms with Crippen LogP contribution in [-0.4, -0.2) is 31.5 Å². The molecule has 0 amide bonds. The molecule has 1 rings (SSSR count). The van der Waals surface area contributed by atoms with E-state index in [0.717, 1.165) is 25.8 Å². The molecule has 0 aliphatic heterocycles. The fourth-order valence-corrected chi connectivity index (χ4v) is 5.43. The van der Waals surface area contributed by atoms with Crippen LogP contribution in [0.3, 0.4) is 0 Å². The van der Waals surface area contributed by atoms with Crippen molar-refractivity contribution < 1.29 is 8.42 Å². The van der Waals surface area contributed by atoms with Gasteiger partial charge in [-0.25, -0.2) is 8.42 Å². The Morgan fingerprint density at radius 1 is 1.22 bits per heavy atom. The maximum atomic E-state index is 12.6. The van der Waals surface area contributed by atoms with Gasteiger partial charge in [0.15, 0.2) is 9.84 Å². The van der Waals surface area contributed by atoms with Crippen molar-refractivity contribution in [1.29, 1.82) is 0 Å². The molecule has 1 aliphatic rings. The molecule has 0 heterocycles. The van der Waals surface area contributed by atoms with E-state index in [0.29, 0.717) is 6.04 Å². The van der Waals surface area contributed by atoms with Crippen LogP contribution >= 0.6 is 0 Å². The van der Waals surface area contributed by atoms with E-state index >= 15 is 0 Å². The minimum absolute atomic E-state index is 0.149. The van der Waals surface area contributed by atoms with Crippen LogP contribution in [0.4, 0.5) is 0 Å². The smallest absolute Gasteiger partial charge is 0.156 e. The third-order valence-corrected chi connectivity index (χ3v) is 7.61. The summed E-state index contributed by atoms with van der Waals surface area (Å²) in [4.78, 5) is 0. The maximum absolute atomic E-state index is 12.6. The van der Waals surface area contributed by atoms with Gasteiger partial charge in [-0.3, -0.25) is 0 Å². The van der Waals surface area contributed by atoms with E-state index < -0.39 is 9.84 Å². The Bertz CT molecular complexity index is 351. The molecule has 0 saturated heterocycles. The third-order valence-electron chi connectivity index (χ3n) is 4.52. The molecule has 0 bridgehead atoms. The second-order valence-electron chi connectivity index (χ2n) is 6.07. The largest absolute Gasteiger partial charge is 0.314 e. The first-order valence-electron chi connectivity index (χ1n) is 7.28. The molecule has 1 saturated carbocycles. The average molecular weight is 275 g/mol. The summed E-state index contributed by atoms with van der Waals surface area (Å²) in [5, 5.41) is 3.11. The predicted molar refractivity (Wildman–Crippen MR) is 77.5 cm³/mol. The van der Waals surface area contributed by atoms with E-state index in [1.165, 1.54) is 0 Å². The molecule has 4 unspecified atom stereocenters. The van der Waals surface area contributed by atoms with Crippen molar-refractivity contribution in [3.8, 4) is 0 Å². The lowest BCUT2D eigenvalue weighted by molar-refractivity contribution is 0.421. The van der Waals surface area contributed by atoms with Crippen molar-refractivity contribution in [1.82, 2.24) is 5.32 Å². The van der Waals surface area contributed by atoms with Crippen LogP contribution < -0.4 is 5.32 Å². The monoisotopic (exact) mass is 275 g/mol. The van der Waals surface area contributed by atoms with Crippen LogP contribution in [-0.2, 0) is 9.84 Å². The summed E-state index contributed by atoms with van der Waals surface area (Å²) < 4.78 is 25.2. The molecule has 4 atom stereocenters. The lowest BCUT2D eigenvalue weighted by Gasteiger charge is -2.26. The number of sulfone groups is 1. The topological polar surface area (TPSA) is 46.2 Å². The maximum Gasteiger partial charge on any atom is 0.156 e. The molecule has 1 fully saturated rings. The van der Waals surface area contributed by atoms with Gasteiger partial charge in [0.1, 0.15) is 0 Å². The summed E-state index contributed by atoms with van der Waals surface area (Å²) in [6.45, 7) is 11.1. The van der Waals surface area contributed by atoms with Crippen molar-refractivity contribution in [3.63, 3.8) is 0 Å². The lowest BCUT2D eigenvalue weighted by atomic mass is 10.1. The van der Waals surface area contributed by atoms with Crippen LogP contribution in [0, 0.1) is 11.8 Å². The fourth-order valence-electron chi connectivity index (χ4n) is 2.86. The van der Waals surface area contributed by atoms with Crippen LogP contribution in [0.5, 0.6) is 0 Å². The first-order chi connectivity index (χ1) is 8.32. The molecule has 1 aliphatic carbocycles. The standard InChI is InChI=1S/C14H29NO2S/c1-6-9-15-13-7-8-14(11(13)4)18(16,17)12(5)10(2)3/h10-15H,6-9H2,1-5H3. The number of nitrogens with one attached hydrogen (secondary N) is 1. The quantitative estimate of drug-likeness (QED) is 0.810. The zero-order valence-corrected chi connectivity index (χ0v) is 13.3. The summed E-state index contributed by atoms with van der Waals surface area (Å²) in [7, 11) is -2.99. The van der Waals surface area contributed by atoms with E-state index in [1.807, 2.05) is 20.8 Å². The molecule has 0 radical (unpaired) electrons. The second-order valence-corrected chi connectivity index (χ2v) is 8.60. The van der Waals surface area contributed by atoms with Gasteiger partial charge in [0.2, 0.25) is 0 Å². The Hall–Kier alpha value is -0.0900. The minimum atomic E-state index is -2.99. The summed E-state index contributed by atoms with van der Waals surface area (Å²) in [5.74, 6) is 0.438. The highest BCUT2D eigenvalue weighted by Gasteiger charge is 2.43. The average Bonchev–Trinajstić information content (AvgIpc) is 2.67. The Morgan fingerprint density at radius 3 is 2.33 bits per heavy atom. The van der Waals surface area contributed by atoms with Crippen molar-refractivity contribution in [2.45, 2.75) is 70.4 Å². The van der Waals surface area contributed by atoms with Gasteiger partial charge in [-0.05, 0) is 44.6 Å². The van der Waals surface area contributed by atoms with Gasteiger partial charge in [-0.15, -0.1) is 0 Å². The summed E-state index contributed by atoms with van der Waals surface area (Å²) in [6.07, 6.45) is 2.92. The molecule has 0 aromatic heterocycles. The van der Waals surface area contributed by atoms with Crippen LogP contribution in [0.2, 0.25) is 0 Å². The number of rotatable bonds is 6.